The van der Waals surface area contributed by atoms with Gasteiger partial charge in [-0.05, 0) is 57.9 Å². The minimum absolute atomic E-state index is 0.0689. The quantitative estimate of drug-likeness (QED) is 0.879. The zero-order valence-corrected chi connectivity index (χ0v) is 13.3. The van der Waals surface area contributed by atoms with E-state index < -0.39 is 11.7 Å². The Kier molecular flexibility index (Phi) is 3.80. The van der Waals surface area contributed by atoms with E-state index in [-0.39, 0.29) is 17.3 Å². The average molecular weight is 331 g/mol. The van der Waals surface area contributed by atoms with E-state index in [9.17, 15) is 9.50 Å². The Morgan fingerprint density at radius 2 is 2.00 bits per heavy atom. The SMILES string of the molecule is CC1(C)CC(C(O)c2cc(F)ccc2Br)C(C)(C)O1. The molecule has 1 aliphatic rings. The number of benzene rings is 1. The molecule has 0 saturated carbocycles. The van der Waals surface area contributed by atoms with E-state index in [1.165, 1.54) is 12.1 Å². The molecule has 2 atom stereocenters. The predicted octanol–water partition coefficient (Wildman–Crippen LogP) is 4.22. The predicted molar refractivity (Wildman–Crippen MR) is 76.4 cm³/mol. The normalized spacial score (nSPS) is 26.4. The van der Waals surface area contributed by atoms with Crippen molar-refractivity contribution >= 4 is 15.9 Å². The lowest BCUT2D eigenvalue weighted by atomic mass is 9.80. The molecule has 0 amide bonds. The molecular formula is C15H20BrFO2. The van der Waals surface area contributed by atoms with Crippen LogP contribution in [0.2, 0.25) is 0 Å². The summed E-state index contributed by atoms with van der Waals surface area (Å²) in [5, 5.41) is 10.6. The summed E-state index contributed by atoms with van der Waals surface area (Å²) in [5.41, 5.74) is -0.122. The Labute approximate surface area is 122 Å². The Hall–Kier alpha value is -0.450. The van der Waals surface area contributed by atoms with Gasteiger partial charge in [0.25, 0.3) is 0 Å². The van der Waals surface area contributed by atoms with Crippen molar-refractivity contribution in [2.75, 3.05) is 0 Å². The molecule has 1 fully saturated rings. The molecule has 1 saturated heterocycles. The van der Waals surface area contributed by atoms with Gasteiger partial charge in [-0.2, -0.15) is 0 Å². The van der Waals surface area contributed by atoms with Crippen LogP contribution in [0.1, 0.15) is 45.8 Å². The number of hydrogen-bond donors (Lipinski definition) is 1. The van der Waals surface area contributed by atoms with Crippen LogP contribution in [0, 0.1) is 11.7 Å². The first-order valence-electron chi connectivity index (χ1n) is 6.45. The molecule has 0 aromatic heterocycles. The molecule has 4 heteroatoms. The fourth-order valence-electron chi connectivity index (χ4n) is 3.05. The molecule has 0 spiro atoms. The monoisotopic (exact) mass is 330 g/mol. The molecule has 0 radical (unpaired) electrons. The average Bonchev–Trinajstić information content (AvgIpc) is 2.49. The maximum atomic E-state index is 13.4. The molecule has 2 nitrogen and oxygen atoms in total. The van der Waals surface area contributed by atoms with E-state index in [0.29, 0.717) is 5.56 Å². The zero-order valence-electron chi connectivity index (χ0n) is 11.7. The number of ether oxygens (including phenoxy) is 1. The van der Waals surface area contributed by atoms with E-state index in [1.807, 2.05) is 27.7 Å². The first-order chi connectivity index (χ1) is 8.62. The van der Waals surface area contributed by atoms with Crippen LogP contribution in [0.3, 0.4) is 0 Å². The second-order valence-corrected chi connectivity index (χ2v) is 7.24. The molecule has 1 aromatic rings. The maximum Gasteiger partial charge on any atom is 0.123 e. The second-order valence-electron chi connectivity index (χ2n) is 6.39. The summed E-state index contributed by atoms with van der Waals surface area (Å²) >= 11 is 3.38. The molecule has 19 heavy (non-hydrogen) atoms. The molecule has 2 unspecified atom stereocenters. The third kappa shape index (κ3) is 3.01. The topological polar surface area (TPSA) is 29.5 Å². The Morgan fingerprint density at radius 1 is 1.37 bits per heavy atom. The van der Waals surface area contributed by atoms with Crippen LogP contribution in [-0.4, -0.2) is 16.3 Å². The van der Waals surface area contributed by atoms with Crippen LogP contribution in [0.25, 0.3) is 0 Å². The van der Waals surface area contributed by atoms with Gasteiger partial charge in [-0.15, -0.1) is 0 Å². The smallest absolute Gasteiger partial charge is 0.123 e. The van der Waals surface area contributed by atoms with Crippen LogP contribution < -0.4 is 0 Å². The lowest BCUT2D eigenvalue weighted by molar-refractivity contribution is -0.0881. The highest BCUT2D eigenvalue weighted by atomic mass is 79.9. The summed E-state index contributed by atoms with van der Waals surface area (Å²) in [6, 6.07) is 4.39. The van der Waals surface area contributed by atoms with E-state index in [0.717, 1.165) is 10.9 Å². The molecule has 0 bridgehead atoms. The fourth-order valence-corrected chi connectivity index (χ4v) is 3.54. The number of rotatable bonds is 2. The summed E-state index contributed by atoms with van der Waals surface area (Å²) in [7, 11) is 0. The van der Waals surface area contributed by atoms with Gasteiger partial charge in [0.15, 0.2) is 0 Å². The van der Waals surface area contributed by atoms with Gasteiger partial charge in [0.05, 0.1) is 17.3 Å². The van der Waals surface area contributed by atoms with Crippen molar-refractivity contribution in [1.82, 2.24) is 0 Å². The molecule has 1 heterocycles. The molecule has 0 aliphatic carbocycles. The van der Waals surface area contributed by atoms with Crippen molar-refractivity contribution in [1.29, 1.82) is 0 Å². The van der Waals surface area contributed by atoms with Crippen LogP contribution in [0.4, 0.5) is 4.39 Å². The lowest BCUT2D eigenvalue weighted by Gasteiger charge is -2.30. The highest BCUT2D eigenvalue weighted by molar-refractivity contribution is 9.10. The molecule has 1 aromatic carbocycles. The van der Waals surface area contributed by atoms with Crippen molar-refractivity contribution in [3.63, 3.8) is 0 Å². The van der Waals surface area contributed by atoms with Crippen molar-refractivity contribution in [3.8, 4) is 0 Å². The number of aliphatic hydroxyl groups is 1. The van der Waals surface area contributed by atoms with Gasteiger partial charge in [0.1, 0.15) is 5.82 Å². The Balaban J connectivity index is 2.34. The number of hydrogen-bond acceptors (Lipinski definition) is 2. The summed E-state index contributed by atoms with van der Waals surface area (Å²) in [6.45, 7) is 7.98. The van der Waals surface area contributed by atoms with Gasteiger partial charge in [-0.1, -0.05) is 15.9 Å². The Bertz CT molecular complexity index is 485. The first kappa shape index (κ1) is 14.9. The van der Waals surface area contributed by atoms with E-state index in [4.69, 9.17) is 4.74 Å². The minimum atomic E-state index is -0.748. The van der Waals surface area contributed by atoms with Crippen LogP contribution in [0.5, 0.6) is 0 Å². The largest absolute Gasteiger partial charge is 0.388 e. The number of aliphatic hydroxyl groups excluding tert-OH is 1. The van der Waals surface area contributed by atoms with Gasteiger partial charge >= 0.3 is 0 Å². The van der Waals surface area contributed by atoms with Crippen molar-refractivity contribution in [3.05, 3.63) is 34.1 Å². The summed E-state index contributed by atoms with van der Waals surface area (Å²) in [4.78, 5) is 0. The zero-order chi connectivity index (χ0) is 14.4. The summed E-state index contributed by atoms with van der Waals surface area (Å²) < 4.78 is 20.1. The Morgan fingerprint density at radius 3 is 2.53 bits per heavy atom. The van der Waals surface area contributed by atoms with Gasteiger partial charge in [-0.25, -0.2) is 4.39 Å². The third-order valence-corrected chi connectivity index (χ3v) is 4.52. The first-order valence-corrected chi connectivity index (χ1v) is 7.25. The molecule has 1 N–H and O–H groups in total. The highest BCUT2D eigenvalue weighted by Crippen LogP contribution is 2.48. The van der Waals surface area contributed by atoms with Crippen molar-refractivity contribution in [2.45, 2.75) is 51.4 Å². The van der Waals surface area contributed by atoms with Crippen molar-refractivity contribution in [2.24, 2.45) is 5.92 Å². The van der Waals surface area contributed by atoms with E-state index >= 15 is 0 Å². The molecule has 1 aliphatic heterocycles. The third-order valence-electron chi connectivity index (χ3n) is 3.80. The molecule has 106 valence electrons. The molecular weight excluding hydrogens is 311 g/mol. The van der Waals surface area contributed by atoms with Crippen molar-refractivity contribution < 1.29 is 14.2 Å². The standard InChI is InChI=1S/C15H20BrFO2/c1-14(2)8-11(15(3,4)19-14)13(18)10-7-9(17)5-6-12(10)16/h5-7,11,13,18H,8H2,1-4H3. The van der Waals surface area contributed by atoms with Gasteiger partial charge < -0.3 is 9.84 Å². The van der Waals surface area contributed by atoms with Crippen LogP contribution in [-0.2, 0) is 4.74 Å². The minimum Gasteiger partial charge on any atom is -0.388 e. The van der Waals surface area contributed by atoms with Gasteiger partial charge in [-0.3, -0.25) is 0 Å². The summed E-state index contributed by atoms with van der Waals surface area (Å²) in [6.07, 6.45) is -0.00809. The summed E-state index contributed by atoms with van der Waals surface area (Å²) in [5.74, 6) is -0.408. The van der Waals surface area contributed by atoms with E-state index in [1.54, 1.807) is 6.07 Å². The highest BCUT2D eigenvalue weighted by Gasteiger charge is 2.49. The van der Waals surface area contributed by atoms with E-state index in [2.05, 4.69) is 15.9 Å². The van der Waals surface area contributed by atoms with Gasteiger partial charge in [0.2, 0.25) is 0 Å². The van der Waals surface area contributed by atoms with Gasteiger partial charge in [0, 0.05) is 10.4 Å². The van der Waals surface area contributed by atoms with Crippen LogP contribution in [0.15, 0.2) is 22.7 Å². The lowest BCUT2D eigenvalue weighted by Crippen LogP contribution is -2.32. The fraction of sp³-hybridized carbons (Fsp3) is 0.600. The molecule has 2 rings (SSSR count). The maximum absolute atomic E-state index is 13.4. The second kappa shape index (κ2) is 4.83. The van der Waals surface area contributed by atoms with Crippen LogP contribution >= 0.6 is 15.9 Å². The number of halogens is 2.